The molecule has 1 heterocycles. The summed E-state index contributed by atoms with van der Waals surface area (Å²) in [5.41, 5.74) is 7.57. The number of nitrogens with one attached hydrogen (secondary N) is 1. The molecule has 0 spiro atoms. The number of hydrogen-bond acceptors (Lipinski definition) is 3. The molecule has 1 aliphatic rings. The van der Waals surface area contributed by atoms with Crippen molar-refractivity contribution in [2.24, 2.45) is 11.7 Å². The van der Waals surface area contributed by atoms with Gasteiger partial charge in [0.1, 0.15) is 4.99 Å². The van der Waals surface area contributed by atoms with E-state index in [2.05, 4.69) is 28.2 Å². The number of benzene rings is 1. The van der Waals surface area contributed by atoms with Gasteiger partial charge in [-0.2, -0.15) is 0 Å². The zero-order valence-corrected chi connectivity index (χ0v) is 12.7. The van der Waals surface area contributed by atoms with Crippen molar-refractivity contribution in [3.63, 3.8) is 0 Å². The summed E-state index contributed by atoms with van der Waals surface area (Å²) in [6.45, 7) is 3.85. The van der Waals surface area contributed by atoms with E-state index in [0.717, 1.165) is 35.4 Å². The Morgan fingerprint density at radius 1 is 1.56 bits per heavy atom. The molecule has 0 saturated carbocycles. The van der Waals surface area contributed by atoms with E-state index in [0.29, 0.717) is 16.9 Å². The van der Waals surface area contributed by atoms with Crippen molar-refractivity contribution in [2.45, 2.75) is 19.4 Å². The molecule has 5 heteroatoms. The normalized spacial score (nSPS) is 23.7. The van der Waals surface area contributed by atoms with Gasteiger partial charge in [-0.1, -0.05) is 19.1 Å². The first-order valence-corrected chi connectivity index (χ1v) is 7.21. The minimum absolute atomic E-state index is 0.418. The molecule has 1 saturated heterocycles. The van der Waals surface area contributed by atoms with Crippen LogP contribution in [0.3, 0.4) is 0 Å². The number of anilines is 1. The third-order valence-corrected chi connectivity index (χ3v) is 4.13. The quantitative estimate of drug-likeness (QED) is 0.837. The fourth-order valence-corrected chi connectivity index (χ4v) is 2.70. The lowest BCUT2D eigenvalue weighted by molar-refractivity contribution is 0.0537. The van der Waals surface area contributed by atoms with Gasteiger partial charge in [-0.3, -0.25) is 0 Å². The summed E-state index contributed by atoms with van der Waals surface area (Å²) in [5.74, 6) is 0.515. The summed E-state index contributed by atoms with van der Waals surface area (Å²) >= 11 is 8.52. The van der Waals surface area contributed by atoms with E-state index in [1.54, 1.807) is 0 Å². The Bertz CT molecular complexity index is 453. The van der Waals surface area contributed by atoms with Crippen LogP contribution in [-0.2, 0) is 4.74 Å². The number of nitrogens with two attached hydrogens (primary N) is 1. The number of halogens is 1. The molecule has 2 atom stereocenters. The van der Waals surface area contributed by atoms with Crippen LogP contribution in [0.1, 0.15) is 18.9 Å². The number of hydrogen-bond donors (Lipinski definition) is 2. The average molecular weight is 329 g/mol. The van der Waals surface area contributed by atoms with Gasteiger partial charge in [-0.05, 0) is 46.5 Å². The van der Waals surface area contributed by atoms with Crippen molar-refractivity contribution in [3.05, 3.63) is 28.2 Å². The van der Waals surface area contributed by atoms with Gasteiger partial charge in [0.2, 0.25) is 0 Å². The molecule has 1 fully saturated rings. The third-order valence-electron chi connectivity index (χ3n) is 3.24. The fraction of sp³-hybridized carbons (Fsp3) is 0.462. The summed E-state index contributed by atoms with van der Waals surface area (Å²) in [6.07, 6.45) is 1.03. The van der Waals surface area contributed by atoms with Crippen LogP contribution in [0, 0.1) is 5.92 Å². The molecule has 3 nitrogen and oxygen atoms in total. The van der Waals surface area contributed by atoms with E-state index in [1.807, 2.05) is 18.2 Å². The first kappa shape index (κ1) is 13.8. The van der Waals surface area contributed by atoms with Gasteiger partial charge in [0, 0.05) is 28.4 Å². The van der Waals surface area contributed by atoms with E-state index in [9.17, 15) is 0 Å². The van der Waals surface area contributed by atoms with Crippen LogP contribution in [0.15, 0.2) is 22.7 Å². The summed E-state index contributed by atoms with van der Waals surface area (Å²) in [6, 6.07) is 6.36. The second-order valence-electron chi connectivity index (χ2n) is 4.65. The molecule has 0 amide bonds. The Morgan fingerprint density at radius 2 is 2.33 bits per heavy atom. The molecule has 2 rings (SSSR count). The SMILES string of the molecule is CC1COCCC1Nc1ccc(C(N)=S)cc1Br. The molecule has 1 aromatic carbocycles. The molecular formula is C13H17BrN2OS. The van der Waals surface area contributed by atoms with Gasteiger partial charge in [-0.15, -0.1) is 0 Å². The lowest BCUT2D eigenvalue weighted by atomic mass is 9.97. The van der Waals surface area contributed by atoms with E-state index in [4.69, 9.17) is 22.7 Å². The maximum Gasteiger partial charge on any atom is 0.104 e. The van der Waals surface area contributed by atoms with Gasteiger partial charge in [-0.25, -0.2) is 0 Å². The van der Waals surface area contributed by atoms with Crippen LogP contribution in [0.5, 0.6) is 0 Å². The Kier molecular flexibility index (Phi) is 4.59. The number of rotatable bonds is 3. The minimum atomic E-state index is 0.418. The third kappa shape index (κ3) is 3.22. The molecular weight excluding hydrogens is 312 g/mol. The number of ether oxygens (including phenoxy) is 1. The first-order chi connectivity index (χ1) is 8.58. The molecule has 0 aromatic heterocycles. The lowest BCUT2D eigenvalue weighted by Crippen LogP contribution is -2.36. The van der Waals surface area contributed by atoms with E-state index in [1.165, 1.54) is 0 Å². The highest BCUT2D eigenvalue weighted by atomic mass is 79.9. The summed E-state index contributed by atoms with van der Waals surface area (Å²) in [7, 11) is 0. The summed E-state index contributed by atoms with van der Waals surface area (Å²) < 4.78 is 6.44. The molecule has 0 aliphatic carbocycles. The minimum Gasteiger partial charge on any atom is -0.389 e. The van der Waals surface area contributed by atoms with Crippen molar-refractivity contribution in [2.75, 3.05) is 18.5 Å². The van der Waals surface area contributed by atoms with Crippen LogP contribution in [0.25, 0.3) is 0 Å². The van der Waals surface area contributed by atoms with Gasteiger partial charge in [0.25, 0.3) is 0 Å². The van der Waals surface area contributed by atoms with Crippen molar-refractivity contribution in [3.8, 4) is 0 Å². The second kappa shape index (κ2) is 5.99. The topological polar surface area (TPSA) is 47.3 Å². The predicted octanol–water partition coefficient (Wildman–Crippen LogP) is 2.92. The van der Waals surface area contributed by atoms with E-state index < -0.39 is 0 Å². The second-order valence-corrected chi connectivity index (χ2v) is 5.94. The Balaban J connectivity index is 2.11. The monoisotopic (exact) mass is 328 g/mol. The Morgan fingerprint density at radius 3 is 2.94 bits per heavy atom. The maximum atomic E-state index is 5.61. The predicted molar refractivity (Wildman–Crippen MR) is 82.0 cm³/mol. The van der Waals surface area contributed by atoms with Crippen molar-refractivity contribution in [1.29, 1.82) is 0 Å². The van der Waals surface area contributed by atoms with Crippen molar-refractivity contribution in [1.82, 2.24) is 0 Å². The largest absolute Gasteiger partial charge is 0.389 e. The smallest absolute Gasteiger partial charge is 0.104 e. The van der Waals surface area contributed by atoms with Gasteiger partial charge in [0.15, 0.2) is 0 Å². The molecule has 3 N–H and O–H groups in total. The summed E-state index contributed by atoms with van der Waals surface area (Å²) in [4.78, 5) is 0.418. The zero-order chi connectivity index (χ0) is 13.1. The molecule has 1 aromatic rings. The van der Waals surface area contributed by atoms with Crippen LogP contribution in [0.2, 0.25) is 0 Å². The maximum absolute atomic E-state index is 5.61. The van der Waals surface area contributed by atoms with Gasteiger partial charge < -0.3 is 15.8 Å². The van der Waals surface area contributed by atoms with Crippen LogP contribution in [0.4, 0.5) is 5.69 Å². The molecule has 2 unspecified atom stereocenters. The highest BCUT2D eigenvalue weighted by Gasteiger charge is 2.22. The highest BCUT2D eigenvalue weighted by molar-refractivity contribution is 9.10. The van der Waals surface area contributed by atoms with Crippen molar-refractivity contribution >= 4 is 38.8 Å². The first-order valence-electron chi connectivity index (χ1n) is 6.01. The zero-order valence-electron chi connectivity index (χ0n) is 10.3. The number of thiocarbonyl (C=S) groups is 1. The van der Waals surface area contributed by atoms with Gasteiger partial charge in [0.05, 0.1) is 6.61 Å². The lowest BCUT2D eigenvalue weighted by Gasteiger charge is -2.30. The molecule has 0 bridgehead atoms. The van der Waals surface area contributed by atoms with Crippen LogP contribution < -0.4 is 11.1 Å². The fourth-order valence-electron chi connectivity index (χ4n) is 2.08. The standard InChI is InChI=1S/C13H17BrN2OS/c1-8-7-17-5-4-11(8)16-12-3-2-9(13(15)18)6-10(12)14/h2-3,6,8,11,16H,4-5,7H2,1H3,(H2,15,18). The van der Waals surface area contributed by atoms with Gasteiger partial charge >= 0.3 is 0 Å². The van der Waals surface area contributed by atoms with E-state index >= 15 is 0 Å². The molecule has 0 radical (unpaired) electrons. The average Bonchev–Trinajstić information content (AvgIpc) is 2.34. The van der Waals surface area contributed by atoms with Crippen molar-refractivity contribution < 1.29 is 4.74 Å². The van der Waals surface area contributed by atoms with E-state index in [-0.39, 0.29) is 0 Å². The Hall–Kier alpha value is -0.650. The Labute approximate surface area is 121 Å². The van der Waals surface area contributed by atoms with Crippen LogP contribution >= 0.6 is 28.1 Å². The molecule has 18 heavy (non-hydrogen) atoms. The highest BCUT2D eigenvalue weighted by Crippen LogP contribution is 2.27. The molecule has 98 valence electrons. The summed E-state index contributed by atoms with van der Waals surface area (Å²) in [5, 5.41) is 3.55. The molecule has 1 aliphatic heterocycles. The van der Waals surface area contributed by atoms with Crippen LogP contribution in [-0.4, -0.2) is 24.2 Å².